The molecule has 5 nitrogen and oxygen atoms in total. The molecule has 0 atom stereocenters. The largest absolute Gasteiger partial charge is 0.486 e. The molecule has 0 saturated carbocycles. The molecule has 0 aliphatic carbocycles. The van der Waals surface area contributed by atoms with Crippen molar-refractivity contribution >= 4 is 21.7 Å². The summed E-state index contributed by atoms with van der Waals surface area (Å²) >= 11 is 3.58. The highest BCUT2D eigenvalue weighted by Crippen LogP contribution is 2.43. The minimum absolute atomic E-state index is 0.462. The van der Waals surface area contributed by atoms with Crippen LogP contribution in [0.2, 0.25) is 0 Å². The number of nitrogen functional groups attached to an aromatic ring is 1. The zero-order valence-corrected chi connectivity index (χ0v) is 11.4. The third-order valence-corrected chi connectivity index (χ3v) is 3.90. The van der Waals surface area contributed by atoms with Crippen molar-refractivity contribution in [1.82, 2.24) is 10.2 Å². The standard InChI is InChI=1S/C12H12BrN3O2/c1-6-11(13)7(8-5-10(14)16-15-8)4-9-12(6)18-3-2-17-9/h4-5H,2-3H2,1H3,(H3,14,15,16). The van der Waals surface area contributed by atoms with Crippen LogP contribution in [0, 0.1) is 6.92 Å². The van der Waals surface area contributed by atoms with Crippen LogP contribution in [0.25, 0.3) is 11.3 Å². The average molecular weight is 310 g/mol. The summed E-state index contributed by atoms with van der Waals surface area (Å²) in [7, 11) is 0. The lowest BCUT2D eigenvalue weighted by atomic mass is 10.1. The van der Waals surface area contributed by atoms with E-state index < -0.39 is 0 Å². The van der Waals surface area contributed by atoms with Crippen LogP contribution in [0.4, 0.5) is 5.82 Å². The molecule has 3 N–H and O–H groups in total. The van der Waals surface area contributed by atoms with Gasteiger partial charge in [0.15, 0.2) is 11.5 Å². The van der Waals surface area contributed by atoms with Crippen LogP contribution < -0.4 is 15.2 Å². The van der Waals surface area contributed by atoms with Crippen molar-refractivity contribution in [2.45, 2.75) is 6.92 Å². The summed E-state index contributed by atoms with van der Waals surface area (Å²) in [6, 6.07) is 3.72. The predicted molar refractivity (Wildman–Crippen MR) is 71.9 cm³/mol. The molecule has 1 aliphatic heterocycles. The number of aromatic amines is 1. The van der Waals surface area contributed by atoms with Crippen LogP contribution in [0.5, 0.6) is 11.5 Å². The molecule has 0 bridgehead atoms. The topological polar surface area (TPSA) is 73.2 Å². The van der Waals surface area contributed by atoms with Crippen molar-refractivity contribution in [1.29, 1.82) is 0 Å². The van der Waals surface area contributed by atoms with E-state index in [0.29, 0.717) is 19.0 Å². The van der Waals surface area contributed by atoms with Gasteiger partial charge in [-0.2, -0.15) is 5.10 Å². The van der Waals surface area contributed by atoms with Gasteiger partial charge in [0, 0.05) is 21.7 Å². The van der Waals surface area contributed by atoms with Crippen molar-refractivity contribution in [3.63, 3.8) is 0 Å². The average Bonchev–Trinajstić information content (AvgIpc) is 2.80. The monoisotopic (exact) mass is 309 g/mol. The Morgan fingerprint density at radius 1 is 1.33 bits per heavy atom. The zero-order chi connectivity index (χ0) is 12.7. The van der Waals surface area contributed by atoms with Crippen molar-refractivity contribution in [2.24, 2.45) is 0 Å². The van der Waals surface area contributed by atoms with E-state index in [9.17, 15) is 0 Å². The second-order valence-electron chi connectivity index (χ2n) is 4.09. The fourth-order valence-electron chi connectivity index (χ4n) is 2.00. The third kappa shape index (κ3) is 1.73. The Balaban J connectivity index is 2.18. The summed E-state index contributed by atoms with van der Waals surface area (Å²) in [5.74, 6) is 2.01. The highest BCUT2D eigenvalue weighted by Gasteiger charge is 2.20. The molecule has 0 fully saturated rings. The molecule has 0 unspecified atom stereocenters. The lowest BCUT2D eigenvalue weighted by Gasteiger charge is -2.22. The summed E-state index contributed by atoms with van der Waals surface area (Å²) in [5, 5.41) is 6.83. The summed E-state index contributed by atoms with van der Waals surface area (Å²) in [5.41, 5.74) is 8.44. The van der Waals surface area contributed by atoms with E-state index in [-0.39, 0.29) is 0 Å². The van der Waals surface area contributed by atoms with Crippen LogP contribution in [0.3, 0.4) is 0 Å². The Labute approximate surface area is 112 Å². The number of halogens is 1. The minimum atomic E-state index is 0.462. The molecule has 94 valence electrons. The summed E-state index contributed by atoms with van der Waals surface area (Å²) < 4.78 is 12.2. The SMILES string of the molecule is Cc1c(Br)c(-c2cc(N)n[nH]2)cc2c1OCCO2. The van der Waals surface area contributed by atoms with Gasteiger partial charge in [0.2, 0.25) is 0 Å². The van der Waals surface area contributed by atoms with Gasteiger partial charge in [-0.3, -0.25) is 5.10 Å². The molecule has 1 aromatic heterocycles. The fourth-order valence-corrected chi connectivity index (χ4v) is 2.51. The van der Waals surface area contributed by atoms with Gasteiger partial charge >= 0.3 is 0 Å². The fraction of sp³-hybridized carbons (Fsp3) is 0.250. The van der Waals surface area contributed by atoms with Gasteiger partial charge in [0.05, 0.1) is 5.69 Å². The summed E-state index contributed by atoms with van der Waals surface area (Å²) in [4.78, 5) is 0. The maximum absolute atomic E-state index is 5.63. The molecule has 0 amide bonds. The number of anilines is 1. The number of nitrogens with one attached hydrogen (secondary N) is 1. The lowest BCUT2D eigenvalue weighted by Crippen LogP contribution is -2.16. The van der Waals surface area contributed by atoms with Crippen molar-refractivity contribution < 1.29 is 9.47 Å². The number of H-pyrrole nitrogens is 1. The van der Waals surface area contributed by atoms with E-state index in [1.165, 1.54) is 0 Å². The zero-order valence-electron chi connectivity index (χ0n) is 9.79. The maximum Gasteiger partial charge on any atom is 0.165 e. The van der Waals surface area contributed by atoms with Crippen molar-refractivity contribution in [3.05, 3.63) is 22.2 Å². The number of hydrogen-bond donors (Lipinski definition) is 2. The van der Waals surface area contributed by atoms with Gasteiger partial charge in [-0.05, 0) is 28.9 Å². The molecule has 1 aliphatic rings. The number of nitrogens with two attached hydrogens (primary N) is 1. The molecule has 0 spiro atoms. The maximum atomic E-state index is 5.63. The first-order valence-electron chi connectivity index (χ1n) is 5.57. The summed E-state index contributed by atoms with van der Waals surface area (Å²) in [6.45, 7) is 3.14. The Morgan fingerprint density at radius 2 is 2.11 bits per heavy atom. The predicted octanol–water partition coefficient (Wildman–Crippen LogP) is 2.50. The first kappa shape index (κ1) is 11.4. The number of rotatable bonds is 1. The van der Waals surface area contributed by atoms with Gasteiger partial charge in [0.25, 0.3) is 0 Å². The molecule has 2 aromatic rings. The van der Waals surface area contributed by atoms with Crippen LogP contribution in [-0.4, -0.2) is 23.4 Å². The van der Waals surface area contributed by atoms with E-state index >= 15 is 0 Å². The van der Waals surface area contributed by atoms with Gasteiger partial charge in [-0.1, -0.05) is 0 Å². The Hall–Kier alpha value is -1.69. The second-order valence-corrected chi connectivity index (χ2v) is 4.89. The van der Waals surface area contributed by atoms with Gasteiger partial charge in [-0.15, -0.1) is 0 Å². The minimum Gasteiger partial charge on any atom is -0.486 e. The van der Waals surface area contributed by atoms with E-state index in [2.05, 4.69) is 26.1 Å². The Bertz CT molecular complexity index is 610. The Kier molecular flexibility index (Phi) is 2.66. The molecule has 3 rings (SSSR count). The molecule has 0 saturated heterocycles. The highest BCUT2D eigenvalue weighted by atomic mass is 79.9. The van der Waals surface area contributed by atoms with E-state index in [4.69, 9.17) is 15.2 Å². The first-order chi connectivity index (χ1) is 8.66. The van der Waals surface area contributed by atoms with E-state index in [1.807, 2.05) is 13.0 Å². The van der Waals surface area contributed by atoms with E-state index in [0.717, 1.165) is 32.8 Å². The molecule has 1 aromatic carbocycles. The van der Waals surface area contributed by atoms with E-state index in [1.54, 1.807) is 6.07 Å². The summed E-state index contributed by atoms with van der Waals surface area (Å²) in [6.07, 6.45) is 0. The number of nitrogens with zero attached hydrogens (tertiary/aromatic N) is 1. The molecule has 2 heterocycles. The molecular formula is C12H12BrN3O2. The van der Waals surface area contributed by atoms with Crippen LogP contribution >= 0.6 is 15.9 Å². The lowest BCUT2D eigenvalue weighted by molar-refractivity contribution is 0.170. The van der Waals surface area contributed by atoms with Crippen molar-refractivity contribution in [2.75, 3.05) is 18.9 Å². The second kappa shape index (κ2) is 4.20. The van der Waals surface area contributed by atoms with Gasteiger partial charge in [0.1, 0.15) is 19.0 Å². The Morgan fingerprint density at radius 3 is 2.83 bits per heavy atom. The number of fused-ring (bicyclic) bond motifs is 1. The molecular weight excluding hydrogens is 298 g/mol. The molecule has 0 radical (unpaired) electrons. The number of aromatic nitrogens is 2. The number of ether oxygens (including phenoxy) is 2. The van der Waals surface area contributed by atoms with Crippen LogP contribution in [0.1, 0.15) is 5.56 Å². The third-order valence-electron chi connectivity index (χ3n) is 2.88. The first-order valence-corrected chi connectivity index (χ1v) is 6.36. The molecule has 18 heavy (non-hydrogen) atoms. The van der Waals surface area contributed by atoms with Crippen LogP contribution in [0.15, 0.2) is 16.6 Å². The smallest absolute Gasteiger partial charge is 0.165 e. The highest BCUT2D eigenvalue weighted by molar-refractivity contribution is 9.10. The normalized spacial score (nSPS) is 13.7. The quantitative estimate of drug-likeness (QED) is 0.849. The number of hydrogen-bond acceptors (Lipinski definition) is 4. The van der Waals surface area contributed by atoms with Crippen molar-refractivity contribution in [3.8, 4) is 22.8 Å². The van der Waals surface area contributed by atoms with Gasteiger partial charge < -0.3 is 15.2 Å². The number of benzene rings is 1. The van der Waals surface area contributed by atoms with Crippen LogP contribution in [-0.2, 0) is 0 Å². The van der Waals surface area contributed by atoms with Gasteiger partial charge in [-0.25, -0.2) is 0 Å². The molecule has 6 heteroatoms.